The first-order chi connectivity index (χ1) is 31.1. The monoisotopic (exact) mass is 877 g/mol. The van der Waals surface area contributed by atoms with Gasteiger partial charge < -0.3 is 38.3 Å². The summed E-state index contributed by atoms with van der Waals surface area (Å²) >= 11 is 0. The molecule has 0 saturated carbocycles. The molecule has 4 aromatic carbocycles. The molecule has 2 amide bonds. The molecule has 4 aromatic rings. The maximum absolute atomic E-state index is 14.4. The number of carbonyl (C=O) groups excluding carboxylic acids is 5. The maximum atomic E-state index is 14.4. The van der Waals surface area contributed by atoms with Gasteiger partial charge in [-0.25, -0.2) is 9.69 Å². The number of aliphatic hydroxyl groups is 1. The molecule has 1 N–H and O–H groups in total. The number of aliphatic hydroxyl groups excluding tert-OH is 1. The van der Waals surface area contributed by atoms with Crippen molar-refractivity contribution in [3.8, 4) is 0 Å². The van der Waals surface area contributed by atoms with Gasteiger partial charge in [-0.2, -0.15) is 0 Å². The molecular weight excluding hydrogens is 823 g/mol. The number of hydrogen-bond donors (Lipinski definition) is 1. The van der Waals surface area contributed by atoms with E-state index in [1.807, 2.05) is 91.0 Å². The molecule has 0 bridgehead atoms. The zero-order valence-electron chi connectivity index (χ0n) is 36.0. The van der Waals surface area contributed by atoms with E-state index in [2.05, 4.69) is 0 Å². The van der Waals surface area contributed by atoms with Gasteiger partial charge in [-0.1, -0.05) is 121 Å². The number of amides is 2. The second kappa shape index (κ2) is 24.3. The Hall–Kier alpha value is -5.87. The smallest absolute Gasteiger partial charge is 0.416 e. The average Bonchev–Trinajstić information content (AvgIpc) is 3.68. The lowest BCUT2D eigenvalue weighted by Crippen LogP contribution is -2.61. The molecule has 64 heavy (non-hydrogen) atoms. The lowest BCUT2D eigenvalue weighted by molar-refractivity contribution is -0.319. The second-order valence-corrected chi connectivity index (χ2v) is 15.6. The number of rotatable bonds is 23. The second-order valence-electron chi connectivity index (χ2n) is 15.6. The normalized spacial score (nSPS) is 21.9. The van der Waals surface area contributed by atoms with Crippen molar-refractivity contribution in [2.45, 2.75) is 88.7 Å². The fraction of sp³-hybridized carbons (Fsp3) is 0.380. The highest BCUT2D eigenvalue weighted by Crippen LogP contribution is 2.31. The average molecular weight is 878 g/mol. The van der Waals surface area contributed by atoms with Crippen LogP contribution in [0.4, 0.5) is 4.79 Å². The summed E-state index contributed by atoms with van der Waals surface area (Å²) in [6.45, 7) is 1.20. The van der Waals surface area contributed by atoms with E-state index in [1.54, 1.807) is 30.3 Å². The van der Waals surface area contributed by atoms with Crippen LogP contribution in [0, 0.1) is 5.92 Å². The minimum Gasteiger partial charge on any atom is -0.453 e. The van der Waals surface area contributed by atoms with E-state index in [4.69, 9.17) is 33.2 Å². The number of cyclic esters (lactones) is 1. The van der Waals surface area contributed by atoms with Crippen molar-refractivity contribution >= 4 is 29.5 Å². The molecule has 8 atom stereocenters. The molecule has 2 aliphatic heterocycles. The number of allylic oxidation sites excluding steroid dienone is 1. The summed E-state index contributed by atoms with van der Waals surface area (Å²) in [7, 11) is 1.46. The van der Waals surface area contributed by atoms with Crippen molar-refractivity contribution in [1.29, 1.82) is 0 Å². The number of nitrogens with zero attached hydrogens (tertiary/aromatic N) is 1. The SMILES string of the molecule is CO[C@H]1O[C@H](CO)[C@@H](OCc2ccccc2)[C@H](OCc2ccccc2)[C@@H]1OCCCC(=O)C=CC(=O)[C@H](OC(C)=O)[C@@H](Cc1ccccc1)C(=O)N1C(=O)OC[C@H]1Cc1ccccc1. The van der Waals surface area contributed by atoms with Crippen LogP contribution in [0.1, 0.15) is 42.0 Å². The van der Waals surface area contributed by atoms with Gasteiger partial charge in [-0.3, -0.25) is 19.2 Å². The van der Waals surface area contributed by atoms with E-state index in [9.17, 15) is 29.1 Å². The van der Waals surface area contributed by atoms with Crippen molar-refractivity contribution in [2.24, 2.45) is 5.92 Å². The van der Waals surface area contributed by atoms with Gasteiger partial charge in [0.1, 0.15) is 31.0 Å². The van der Waals surface area contributed by atoms with Gasteiger partial charge in [0.2, 0.25) is 5.91 Å². The van der Waals surface area contributed by atoms with E-state index >= 15 is 0 Å². The van der Waals surface area contributed by atoms with Gasteiger partial charge in [0.05, 0.1) is 31.8 Å². The molecule has 0 spiro atoms. The summed E-state index contributed by atoms with van der Waals surface area (Å²) in [6.07, 6.45) is -4.07. The van der Waals surface area contributed by atoms with E-state index < -0.39 is 78.3 Å². The van der Waals surface area contributed by atoms with Crippen LogP contribution >= 0.6 is 0 Å². The Morgan fingerprint density at radius 1 is 0.750 bits per heavy atom. The van der Waals surface area contributed by atoms with Crippen LogP contribution in [0.2, 0.25) is 0 Å². The van der Waals surface area contributed by atoms with Gasteiger partial charge in [-0.15, -0.1) is 0 Å². The Bertz CT molecular complexity index is 2140. The van der Waals surface area contributed by atoms with E-state index in [1.165, 1.54) is 7.11 Å². The van der Waals surface area contributed by atoms with Gasteiger partial charge >= 0.3 is 12.1 Å². The number of ether oxygens (including phenoxy) is 7. The van der Waals surface area contributed by atoms with Crippen LogP contribution in [-0.4, -0.2) is 109 Å². The standard InChI is InChI=1S/C50H55NO13/c1-34(53)63-44(41(29-36-18-9-4-10-19-36)48(56)51-39(33-62-50(51)57)28-35-16-7-3-8-17-35)42(55)26-25-40(54)24-15-27-59-47-46(61-32-38-22-13-6-14-23-38)45(43(30-52)64-49(47)58-2)60-31-37-20-11-5-12-21-37/h3-14,16-23,25-26,39,41,43-47,49,52H,15,24,27-33H2,1-2H3/t39-,41-,43-,44-,45-,46+,47+,49+/m1/s1. The number of esters is 1. The number of carbonyl (C=O) groups is 5. The molecule has 14 heteroatoms. The Kier molecular flexibility index (Phi) is 18.0. The first-order valence-electron chi connectivity index (χ1n) is 21.4. The fourth-order valence-electron chi connectivity index (χ4n) is 7.79. The molecule has 6 rings (SSSR count). The molecule has 2 heterocycles. The summed E-state index contributed by atoms with van der Waals surface area (Å²) < 4.78 is 41.8. The maximum Gasteiger partial charge on any atom is 0.416 e. The van der Waals surface area contributed by atoms with E-state index in [0.29, 0.717) is 12.0 Å². The van der Waals surface area contributed by atoms with Gasteiger partial charge in [0, 0.05) is 27.1 Å². The Labute approximate surface area is 373 Å². The molecule has 0 aromatic heterocycles. The Balaban J connectivity index is 1.13. The van der Waals surface area contributed by atoms with Crippen LogP contribution in [-0.2, 0) is 78.4 Å². The first-order valence-corrected chi connectivity index (χ1v) is 21.4. The number of benzene rings is 4. The summed E-state index contributed by atoms with van der Waals surface area (Å²) in [5, 5.41) is 10.4. The Morgan fingerprint density at radius 2 is 1.31 bits per heavy atom. The summed E-state index contributed by atoms with van der Waals surface area (Å²) in [5.41, 5.74) is 3.36. The zero-order valence-corrected chi connectivity index (χ0v) is 36.0. The summed E-state index contributed by atoms with van der Waals surface area (Å²) in [4.78, 5) is 68.1. The molecule has 2 saturated heterocycles. The molecule has 14 nitrogen and oxygen atoms in total. The molecule has 2 aliphatic rings. The van der Waals surface area contributed by atoms with E-state index in [0.717, 1.165) is 40.7 Å². The quantitative estimate of drug-likeness (QED) is 0.0542. The number of ketones is 2. The molecular formula is C50H55NO13. The highest BCUT2D eigenvalue weighted by atomic mass is 16.7. The minimum absolute atomic E-state index is 0.0386. The lowest BCUT2D eigenvalue weighted by Gasteiger charge is -2.45. The van der Waals surface area contributed by atoms with Crippen molar-refractivity contribution in [1.82, 2.24) is 4.90 Å². The van der Waals surface area contributed by atoms with Crippen LogP contribution in [0.25, 0.3) is 0 Å². The summed E-state index contributed by atoms with van der Waals surface area (Å²) in [5.74, 6) is -4.13. The third-order valence-corrected chi connectivity index (χ3v) is 11.0. The van der Waals surface area contributed by atoms with Crippen molar-refractivity contribution in [3.63, 3.8) is 0 Å². The third kappa shape index (κ3) is 13.3. The van der Waals surface area contributed by atoms with Crippen LogP contribution in [0.15, 0.2) is 133 Å². The largest absolute Gasteiger partial charge is 0.453 e. The molecule has 2 fully saturated rings. The Morgan fingerprint density at radius 3 is 1.88 bits per heavy atom. The zero-order chi connectivity index (χ0) is 45.3. The highest BCUT2D eigenvalue weighted by molar-refractivity contribution is 6.04. The van der Waals surface area contributed by atoms with Gasteiger partial charge in [0.15, 0.2) is 24.0 Å². The van der Waals surface area contributed by atoms with Crippen LogP contribution < -0.4 is 0 Å². The van der Waals surface area contributed by atoms with Crippen molar-refractivity contribution in [3.05, 3.63) is 156 Å². The number of imide groups is 1. The van der Waals surface area contributed by atoms with Gasteiger partial charge in [-0.05, 0) is 53.7 Å². The van der Waals surface area contributed by atoms with Crippen molar-refractivity contribution < 1.29 is 62.2 Å². The van der Waals surface area contributed by atoms with Crippen LogP contribution in [0.5, 0.6) is 0 Å². The van der Waals surface area contributed by atoms with E-state index in [-0.39, 0.29) is 52.3 Å². The fourth-order valence-corrected chi connectivity index (χ4v) is 7.79. The first kappa shape index (κ1) is 47.6. The number of hydrogen-bond acceptors (Lipinski definition) is 13. The van der Waals surface area contributed by atoms with Crippen molar-refractivity contribution in [2.75, 3.05) is 26.9 Å². The highest BCUT2D eigenvalue weighted by Gasteiger charge is 2.49. The van der Waals surface area contributed by atoms with Gasteiger partial charge in [0.25, 0.3) is 0 Å². The predicted octanol–water partition coefficient (Wildman–Crippen LogP) is 5.76. The lowest BCUT2D eigenvalue weighted by atomic mass is 9.89. The molecule has 0 radical (unpaired) electrons. The van der Waals surface area contributed by atoms with Crippen LogP contribution in [0.3, 0.4) is 0 Å². The minimum atomic E-state index is -1.66. The topological polar surface area (TPSA) is 173 Å². The third-order valence-electron chi connectivity index (χ3n) is 11.0. The number of methoxy groups -OCH3 is 1. The molecule has 0 unspecified atom stereocenters. The summed E-state index contributed by atoms with van der Waals surface area (Å²) in [6, 6.07) is 36.6. The molecule has 338 valence electrons. The predicted molar refractivity (Wildman–Crippen MR) is 232 cm³/mol. The molecule has 0 aliphatic carbocycles.